The van der Waals surface area contributed by atoms with Crippen LogP contribution in [0.4, 0.5) is 0 Å². The van der Waals surface area contributed by atoms with Gasteiger partial charge in [0.25, 0.3) is 0 Å². The van der Waals surface area contributed by atoms with E-state index in [-0.39, 0.29) is 0 Å². The van der Waals surface area contributed by atoms with Crippen molar-refractivity contribution in [3.8, 4) is 33.8 Å². The minimum atomic E-state index is 0.774. The molecular formula is C38H24O3+2. The Labute approximate surface area is 236 Å². The average Bonchev–Trinajstić information content (AvgIpc) is 3.03. The standard InChI is InChI=1S/C38H24O3/c1-7-19-31-25(13-1)37(26-14-2-8-20-32(26)39-31)29-17-5-11-23-35(29)41-36-24-12-6-18-30(36)38-27-15-3-9-21-33(27)40-34-22-10-4-16-28(34)38/h1-24H/q+2. The van der Waals surface area contributed by atoms with E-state index in [2.05, 4.69) is 48.5 Å². The second-order valence-electron chi connectivity index (χ2n) is 10.0. The second kappa shape index (κ2) is 9.58. The number of hydrogen-bond donors (Lipinski definition) is 0. The topological polar surface area (TPSA) is 31.8 Å². The number of hydrogen-bond acceptors (Lipinski definition) is 1. The Kier molecular flexibility index (Phi) is 5.46. The smallest absolute Gasteiger partial charge is 0.361 e. The summed E-state index contributed by atoms with van der Waals surface area (Å²) < 4.78 is 19.4. The number of benzene rings is 6. The predicted octanol–water partition coefficient (Wildman–Crippen LogP) is 11.2. The molecule has 6 aromatic carbocycles. The highest BCUT2D eigenvalue weighted by molar-refractivity contribution is 6.10. The summed E-state index contributed by atoms with van der Waals surface area (Å²) in [6.07, 6.45) is 0. The summed E-state index contributed by atoms with van der Waals surface area (Å²) in [6.45, 7) is 0. The monoisotopic (exact) mass is 528 g/mol. The summed E-state index contributed by atoms with van der Waals surface area (Å²) in [5.41, 5.74) is 7.52. The van der Waals surface area contributed by atoms with Gasteiger partial charge in [-0.15, -0.1) is 0 Å². The molecule has 0 unspecified atom stereocenters. The fourth-order valence-electron chi connectivity index (χ4n) is 5.80. The maximum absolute atomic E-state index is 6.88. The van der Waals surface area contributed by atoms with Crippen molar-refractivity contribution in [2.24, 2.45) is 0 Å². The Morgan fingerprint density at radius 1 is 0.317 bits per heavy atom. The molecule has 2 aromatic heterocycles. The highest BCUT2D eigenvalue weighted by Gasteiger charge is 2.24. The molecule has 0 radical (unpaired) electrons. The number of ether oxygens (including phenoxy) is 1. The van der Waals surface area contributed by atoms with E-state index in [1.54, 1.807) is 0 Å². The summed E-state index contributed by atoms with van der Waals surface area (Å²) >= 11 is 0. The molecule has 0 atom stereocenters. The molecule has 0 aliphatic rings. The first-order valence-electron chi connectivity index (χ1n) is 13.7. The highest BCUT2D eigenvalue weighted by atomic mass is 16.5. The van der Waals surface area contributed by atoms with Gasteiger partial charge in [0.1, 0.15) is 11.5 Å². The Morgan fingerprint density at radius 3 is 0.976 bits per heavy atom. The van der Waals surface area contributed by atoms with Gasteiger partial charge in [0, 0.05) is 46.5 Å². The van der Waals surface area contributed by atoms with Crippen molar-refractivity contribution < 1.29 is 13.6 Å². The Morgan fingerprint density at radius 2 is 0.610 bits per heavy atom. The number of rotatable bonds is 4. The van der Waals surface area contributed by atoms with E-state index in [4.69, 9.17) is 13.6 Å². The van der Waals surface area contributed by atoms with Gasteiger partial charge < -0.3 is 4.74 Å². The van der Waals surface area contributed by atoms with Gasteiger partial charge in [-0.1, -0.05) is 84.9 Å². The minimum absolute atomic E-state index is 0.774. The normalized spacial score (nSPS) is 11.4. The number of para-hydroxylation sites is 6. The lowest BCUT2D eigenvalue weighted by Gasteiger charge is -2.16. The fourth-order valence-corrected chi connectivity index (χ4v) is 5.80. The first-order chi connectivity index (χ1) is 20.3. The summed E-state index contributed by atoms with van der Waals surface area (Å²) in [5, 5.41) is 4.16. The zero-order valence-corrected chi connectivity index (χ0v) is 22.1. The first-order valence-corrected chi connectivity index (χ1v) is 13.7. The van der Waals surface area contributed by atoms with E-state index in [1.165, 1.54) is 0 Å². The summed E-state index contributed by atoms with van der Waals surface area (Å²) in [7, 11) is 0. The van der Waals surface area contributed by atoms with E-state index < -0.39 is 0 Å². The van der Waals surface area contributed by atoms with Crippen LogP contribution in [0.2, 0.25) is 0 Å². The third kappa shape index (κ3) is 3.90. The molecule has 0 N–H and O–H groups in total. The molecule has 3 heteroatoms. The predicted molar refractivity (Wildman–Crippen MR) is 167 cm³/mol. The molecule has 0 saturated heterocycles. The fraction of sp³-hybridized carbons (Fsp3) is 0. The van der Waals surface area contributed by atoms with E-state index in [0.717, 1.165) is 77.6 Å². The second-order valence-corrected chi connectivity index (χ2v) is 10.0. The van der Waals surface area contributed by atoms with Crippen LogP contribution in [0.1, 0.15) is 0 Å². The molecule has 3 nitrogen and oxygen atoms in total. The van der Waals surface area contributed by atoms with Crippen molar-refractivity contribution in [3.63, 3.8) is 0 Å². The maximum Gasteiger partial charge on any atom is 0.361 e. The molecule has 8 rings (SSSR count). The molecular weight excluding hydrogens is 504 g/mol. The van der Waals surface area contributed by atoms with Gasteiger partial charge in [0.05, 0.1) is 21.5 Å². The van der Waals surface area contributed by atoms with Gasteiger partial charge in [-0.25, -0.2) is 8.83 Å². The molecule has 0 aliphatic heterocycles. The van der Waals surface area contributed by atoms with Gasteiger partial charge in [-0.2, -0.15) is 0 Å². The SMILES string of the molecule is c1ccc(-c2c3ccccc3[o+]c3ccccc23)c(Oc2ccccc2-c2c3ccccc3[o+]c3ccccc23)c1. The summed E-state index contributed by atoms with van der Waals surface area (Å²) in [4.78, 5) is 0. The largest absolute Gasteiger partial charge is 0.456 e. The summed E-state index contributed by atoms with van der Waals surface area (Å²) in [6, 6.07) is 49.2. The molecule has 0 fully saturated rings. The van der Waals surface area contributed by atoms with E-state index in [0.29, 0.717) is 0 Å². The summed E-state index contributed by atoms with van der Waals surface area (Å²) in [5.74, 6) is 1.55. The van der Waals surface area contributed by atoms with Crippen LogP contribution in [0.25, 0.3) is 66.1 Å². The minimum Gasteiger partial charge on any atom is -0.456 e. The van der Waals surface area contributed by atoms with Crippen LogP contribution >= 0.6 is 0 Å². The zero-order chi connectivity index (χ0) is 27.2. The first kappa shape index (κ1) is 23.4. The quantitative estimate of drug-likeness (QED) is 0.168. The lowest BCUT2D eigenvalue weighted by atomic mass is 9.95. The van der Waals surface area contributed by atoms with Crippen molar-refractivity contribution >= 4 is 43.9 Å². The van der Waals surface area contributed by atoms with E-state index in [9.17, 15) is 0 Å². The van der Waals surface area contributed by atoms with Crippen LogP contribution in [-0.4, -0.2) is 0 Å². The van der Waals surface area contributed by atoms with Gasteiger partial charge in [0.15, 0.2) is 0 Å². The molecule has 8 aromatic rings. The van der Waals surface area contributed by atoms with Crippen molar-refractivity contribution in [2.45, 2.75) is 0 Å². The van der Waals surface area contributed by atoms with E-state index >= 15 is 0 Å². The Balaban J connectivity index is 1.36. The third-order valence-corrected chi connectivity index (χ3v) is 7.60. The molecule has 192 valence electrons. The third-order valence-electron chi connectivity index (χ3n) is 7.60. The van der Waals surface area contributed by atoms with Crippen molar-refractivity contribution in [1.29, 1.82) is 0 Å². The Bertz CT molecular complexity index is 1980. The van der Waals surface area contributed by atoms with Crippen molar-refractivity contribution in [3.05, 3.63) is 146 Å². The highest BCUT2D eigenvalue weighted by Crippen LogP contribution is 2.45. The van der Waals surface area contributed by atoms with Crippen LogP contribution < -0.4 is 4.74 Å². The maximum atomic E-state index is 6.88. The van der Waals surface area contributed by atoms with Crippen molar-refractivity contribution in [1.82, 2.24) is 0 Å². The van der Waals surface area contributed by atoms with Gasteiger partial charge in [-0.05, 0) is 36.4 Å². The number of fused-ring (bicyclic) bond motifs is 4. The van der Waals surface area contributed by atoms with Crippen molar-refractivity contribution in [2.75, 3.05) is 0 Å². The van der Waals surface area contributed by atoms with Crippen LogP contribution in [-0.2, 0) is 0 Å². The van der Waals surface area contributed by atoms with Crippen LogP contribution in [0, 0.1) is 0 Å². The molecule has 41 heavy (non-hydrogen) atoms. The lowest BCUT2D eigenvalue weighted by Crippen LogP contribution is -1.94. The van der Waals surface area contributed by atoms with Crippen LogP contribution in [0.3, 0.4) is 0 Å². The molecule has 0 amide bonds. The molecule has 0 bridgehead atoms. The molecule has 0 spiro atoms. The zero-order valence-electron chi connectivity index (χ0n) is 22.1. The van der Waals surface area contributed by atoms with Gasteiger partial charge in [-0.3, -0.25) is 0 Å². The Hall–Kier alpha value is -5.54. The van der Waals surface area contributed by atoms with Crippen LogP contribution in [0.15, 0.2) is 154 Å². The molecule has 2 heterocycles. The average molecular weight is 529 g/mol. The molecule has 0 saturated carbocycles. The van der Waals surface area contributed by atoms with Gasteiger partial charge >= 0.3 is 22.3 Å². The van der Waals surface area contributed by atoms with Gasteiger partial charge in [0.2, 0.25) is 0 Å². The lowest BCUT2D eigenvalue weighted by molar-refractivity contribution is 0.486. The van der Waals surface area contributed by atoms with Crippen LogP contribution in [0.5, 0.6) is 11.5 Å². The van der Waals surface area contributed by atoms with E-state index in [1.807, 2.05) is 97.1 Å². The molecule has 0 aliphatic carbocycles.